The minimum absolute atomic E-state index is 0.127. The van der Waals surface area contributed by atoms with Gasteiger partial charge in [0, 0.05) is 24.8 Å². The summed E-state index contributed by atoms with van der Waals surface area (Å²) in [6.07, 6.45) is 2.61. The van der Waals surface area contributed by atoms with E-state index >= 15 is 0 Å². The third kappa shape index (κ3) is 1.77. The highest BCUT2D eigenvalue weighted by molar-refractivity contribution is 5.96. The minimum Gasteiger partial charge on any atom is -0.338 e. The lowest BCUT2D eigenvalue weighted by atomic mass is 10.1. The Balaban J connectivity index is 1.98. The number of rotatable bonds is 2. The summed E-state index contributed by atoms with van der Waals surface area (Å²) in [6.45, 7) is 1.43. The van der Waals surface area contributed by atoms with Crippen LogP contribution >= 0.6 is 0 Å². The van der Waals surface area contributed by atoms with Crippen LogP contribution in [-0.2, 0) is 0 Å². The smallest absolute Gasteiger partial charge is 0.256 e. The SMILES string of the molecule is O=C(c1cc(-c2ccn[nH]2)ccc1F)N1CCC1. The van der Waals surface area contributed by atoms with Gasteiger partial charge in [0.1, 0.15) is 5.82 Å². The van der Waals surface area contributed by atoms with Gasteiger partial charge in [0.05, 0.1) is 11.3 Å². The van der Waals surface area contributed by atoms with Crippen LogP contribution in [0.15, 0.2) is 30.5 Å². The normalized spacial score (nSPS) is 14.4. The minimum atomic E-state index is -0.477. The van der Waals surface area contributed by atoms with Crippen LogP contribution in [0, 0.1) is 5.82 Å². The van der Waals surface area contributed by atoms with Gasteiger partial charge in [-0.2, -0.15) is 5.10 Å². The van der Waals surface area contributed by atoms with Gasteiger partial charge in [0.2, 0.25) is 0 Å². The second-order valence-electron chi connectivity index (χ2n) is 4.31. The molecule has 1 aromatic heterocycles. The van der Waals surface area contributed by atoms with Crippen molar-refractivity contribution in [3.63, 3.8) is 0 Å². The van der Waals surface area contributed by atoms with Gasteiger partial charge in [-0.25, -0.2) is 4.39 Å². The number of aromatic amines is 1. The van der Waals surface area contributed by atoms with Crippen LogP contribution in [0.3, 0.4) is 0 Å². The number of carbonyl (C=O) groups is 1. The summed E-state index contributed by atoms with van der Waals surface area (Å²) in [4.78, 5) is 13.7. The third-order valence-corrected chi connectivity index (χ3v) is 3.15. The van der Waals surface area contributed by atoms with Gasteiger partial charge in [-0.1, -0.05) is 0 Å². The molecule has 5 heteroatoms. The number of nitrogens with zero attached hydrogens (tertiary/aromatic N) is 2. The number of hydrogen-bond acceptors (Lipinski definition) is 2. The quantitative estimate of drug-likeness (QED) is 0.880. The number of amides is 1. The predicted molar refractivity (Wildman–Crippen MR) is 64.5 cm³/mol. The summed E-state index contributed by atoms with van der Waals surface area (Å²) in [7, 11) is 0. The monoisotopic (exact) mass is 245 g/mol. The number of nitrogens with one attached hydrogen (secondary N) is 1. The number of benzene rings is 1. The number of hydrogen-bond donors (Lipinski definition) is 1. The number of carbonyl (C=O) groups excluding carboxylic acids is 1. The zero-order valence-corrected chi connectivity index (χ0v) is 9.69. The number of likely N-dealkylation sites (tertiary alicyclic amines) is 1. The van der Waals surface area contributed by atoms with Gasteiger partial charge in [-0.05, 0) is 30.7 Å². The van der Waals surface area contributed by atoms with E-state index in [1.54, 1.807) is 29.3 Å². The van der Waals surface area contributed by atoms with Gasteiger partial charge < -0.3 is 4.90 Å². The van der Waals surface area contributed by atoms with Crippen molar-refractivity contribution in [3.05, 3.63) is 41.8 Å². The molecule has 0 unspecified atom stereocenters. The van der Waals surface area contributed by atoms with E-state index in [0.717, 1.165) is 17.7 Å². The molecule has 18 heavy (non-hydrogen) atoms. The van der Waals surface area contributed by atoms with Crippen LogP contribution < -0.4 is 0 Å². The fourth-order valence-electron chi connectivity index (χ4n) is 1.96. The first-order valence-electron chi connectivity index (χ1n) is 5.84. The topological polar surface area (TPSA) is 49.0 Å². The van der Waals surface area contributed by atoms with Crippen molar-refractivity contribution in [2.75, 3.05) is 13.1 Å². The molecule has 2 aromatic rings. The molecule has 2 heterocycles. The van der Waals surface area contributed by atoms with Crippen molar-refractivity contribution in [3.8, 4) is 11.3 Å². The highest BCUT2D eigenvalue weighted by Gasteiger charge is 2.24. The highest BCUT2D eigenvalue weighted by Crippen LogP contribution is 2.22. The molecule has 1 amide bonds. The van der Waals surface area contributed by atoms with E-state index in [2.05, 4.69) is 10.2 Å². The summed E-state index contributed by atoms with van der Waals surface area (Å²) in [5, 5.41) is 6.64. The summed E-state index contributed by atoms with van der Waals surface area (Å²) in [6, 6.07) is 6.31. The molecule has 0 bridgehead atoms. The van der Waals surface area contributed by atoms with Crippen molar-refractivity contribution in [1.29, 1.82) is 0 Å². The summed E-state index contributed by atoms with van der Waals surface area (Å²) >= 11 is 0. The molecule has 3 rings (SSSR count). The first-order chi connectivity index (χ1) is 8.75. The standard InChI is InChI=1S/C13H12FN3O/c14-11-3-2-9(12-4-5-15-16-12)8-10(11)13(18)17-6-1-7-17/h2-5,8H,1,6-7H2,(H,15,16). The van der Waals surface area contributed by atoms with Crippen LogP contribution in [0.5, 0.6) is 0 Å². The molecule has 1 aliphatic heterocycles. The van der Waals surface area contributed by atoms with Gasteiger partial charge >= 0.3 is 0 Å². The average molecular weight is 245 g/mol. The highest BCUT2D eigenvalue weighted by atomic mass is 19.1. The van der Waals surface area contributed by atoms with Gasteiger partial charge in [0.25, 0.3) is 5.91 Å². The maximum Gasteiger partial charge on any atom is 0.256 e. The molecule has 0 atom stereocenters. The average Bonchev–Trinajstić information content (AvgIpc) is 2.80. The van der Waals surface area contributed by atoms with Crippen molar-refractivity contribution in [1.82, 2.24) is 15.1 Å². The molecular weight excluding hydrogens is 233 g/mol. The Bertz CT molecular complexity index is 576. The maximum absolute atomic E-state index is 13.7. The summed E-state index contributed by atoms with van der Waals surface area (Å²) < 4.78 is 13.7. The molecule has 0 spiro atoms. The van der Waals surface area contributed by atoms with Crippen molar-refractivity contribution < 1.29 is 9.18 Å². The molecule has 92 valence electrons. The van der Waals surface area contributed by atoms with E-state index in [1.165, 1.54) is 6.07 Å². The second-order valence-corrected chi connectivity index (χ2v) is 4.31. The summed E-state index contributed by atoms with van der Waals surface area (Å²) in [5.74, 6) is -0.713. The van der Waals surface area contributed by atoms with Crippen LogP contribution in [0.4, 0.5) is 4.39 Å². The van der Waals surface area contributed by atoms with Crippen LogP contribution in [0.25, 0.3) is 11.3 Å². The molecule has 1 saturated heterocycles. The Morgan fingerprint density at radius 2 is 2.17 bits per heavy atom. The Kier molecular flexibility index (Phi) is 2.59. The zero-order chi connectivity index (χ0) is 12.5. The van der Waals surface area contributed by atoms with Crippen molar-refractivity contribution in [2.24, 2.45) is 0 Å². The molecule has 0 saturated carbocycles. The molecule has 0 radical (unpaired) electrons. The van der Waals surface area contributed by atoms with Crippen molar-refractivity contribution in [2.45, 2.75) is 6.42 Å². The lowest BCUT2D eigenvalue weighted by Crippen LogP contribution is -2.42. The van der Waals surface area contributed by atoms with E-state index in [0.29, 0.717) is 13.1 Å². The van der Waals surface area contributed by atoms with Gasteiger partial charge in [0.15, 0.2) is 0 Å². The van der Waals surface area contributed by atoms with Crippen LogP contribution in [0.2, 0.25) is 0 Å². The lowest BCUT2D eigenvalue weighted by Gasteiger charge is -2.31. The van der Waals surface area contributed by atoms with Crippen LogP contribution in [0.1, 0.15) is 16.8 Å². The fraction of sp³-hybridized carbons (Fsp3) is 0.231. The number of H-pyrrole nitrogens is 1. The fourth-order valence-corrected chi connectivity index (χ4v) is 1.96. The molecule has 1 fully saturated rings. The summed E-state index contributed by atoms with van der Waals surface area (Å²) in [5.41, 5.74) is 1.66. The Labute approximate surface area is 103 Å². The van der Waals surface area contributed by atoms with E-state index < -0.39 is 5.82 Å². The molecule has 4 nitrogen and oxygen atoms in total. The third-order valence-electron chi connectivity index (χ3n) is 3.15. The predicted octanol–water partition coefficient (Wildman–Crippen LogP) is 2.06. The Morgan fingerprint density at radius 3 is 2.78 bits per heavy atom. The van der Waals surface area contributed by atoms with E-state index in [-0.39, 0.29) is 11.5 Å². The van der Waals surface area contributed by atoms with Crippen LogP contribution in [-0.4, -0.2) is 34.1 Å². The van der Waals surface area contributed by atoms with E-state index in [4.69, 9.17) is 0 Å². The maximum atomic E-state index is 13.7. The zero-order valence-electron chi connectivity index (χ0n) is 9.69. The molecule has 0 aliphatic carbocycles. The van der Waals surface area contributed by atoms with E-state index in [9.17, 15) is 9.18 Å². The molecule has 1 aliphatic rings. The largest absolute Gasteiger partial charge is 0.338 e. The second kappa shape index (κ2) is 4.25. The van der Waals surface area contributed by atoms with Crippen molar-refractivity contribution >= 4 is 5.91 Å². The first kappa shape index (κ1) is 11.0. The Morgan fingerprint density at radius 1 is 1.33 bits per heavy atom. The van der Waals surface area contributed by atoms with E-state index in [1.807, 2.05) is 0 Å². The Hall–Kier alpha value is -2.17. The number of halogens is 1. The molecule has 1 N–H and O–H groups in total. The van der Waals surface area contributed by atoms with Gasteiger partial charge in [-0.15, -0.1) is 0 Å². The lowest BCUT2D eigenvalue weighted by molar-refractivity contribution is 0.0647. The first-order valence-corrected chi connectivity index (χ1v) is 5.84. The molecular formula is C13H12FN3O. The number of aromatic nitrogens is 2. The molecule has 1 aromatic carbocycles. The van der Waals surface area contributed by atoms with Gasteiger partial charge in [-0.3, -0.25) is 9.89 Å².